The molecule has 0 aliphatic carbocycles. The van der Waals surface area contributed by atoms with Gasteiger partial charge in [-0.25, -0.2) is 14.6 Å². The average Bonchev–Trinajstić information content (AvgIpc) is 3.16. The third kappa shape index (κ3) is 3.51. The lowest BCUT2D eigenvalue weighted by atomic mass is 9.92. The molecule has 0 radical (unpaired) electrons. The number of nitriles is 1. The molecule has 7 nitrogen and oxygen atoms in total. The van der Waals surface area contributed by atoms with Crippen LogP contribution in [0.25, 0.3) is 16.6 Å². The van der Waals surface area contributed by atoms with E-state index >= 15 is 0 Å². The second kappa shape index (κ2) is 7.76. The molecule has 7 heteroatoms. The van der Waals surface area contributed by atoms with E-state index in [0.717, 1.165) is 22.2 Å². The van der Waals surface area contributed by atoms with Gasteiger partial charge in [-0.2, -0.15) is 10.4 Å². The van der Waals surface area contributed by atoms with Crippen LogP contribution in [0.1, 0.15) is 47.1 Å². The van der Waals surface area contributed by atoms with Crippen LogP contribution < -0.4 is 5.32 Å². The number of fused-ring (bicyclic) bond motifs is 1. The smallest absolute Gasteiger partial charge is 0.255 e. The van der Waals surface area contributed by atoms with Crippen LogP contribution in [0, 0.1) is 18.3 Å². The Morgan fingerprint density at radius 1 is 1.13 bits per heavy atom. The van der Waals surface area contributed by atoms with E-state index in [1.165, 1.54) is 0 Å². The molecule has 0 saturated carbocycles. The Kier molecular flexibility index (Phi) is 4.98. The fourth-order valence-corrected chi connectivity index (χ4v) is 3.48. The average molecular weight is 396 g/mol. The summed E-state index contributed by atoms with van der Waals surface area (Å²) in [6, 6.07) is 13.0. The first-order valence-corrected chi connectivity index (χ1v) is 9.59. The Morgan fingerprint density at radius 2 is 1.90 bits per heavy atom. The summed E-state index contributed by atoms with van der Waals surface area (Å²) in [5, 5.41) is 17.7. The van der Waals surface area contributed by atoms with Gasteiger partial charge in [0.25, 0.3) is 5.91 Å². The van der Waals surface area contributed by atoms with Gasteiger partial charge < -0.3 is 5.32 Å². The number of amides is 1. The maximum atomic E-state index is 13.0. The minimum Gasteiger partial charge on any atom is -0.322 e. The lowest BCUT2D eigenvalue weighted by Crippen LogP contribution is -2.16. The Balaban J connectivity index is 1.70. The van der Waals surface area contributed by atoms with Crippen LogP contribution in [0.3, 0.4) is 0 Å². The van der Waals surface area contributed by atoms with Gasteiger partial charge in [-0.15, -0.1) is 0 Å². The number of carbonyl (C=O) groups is 1. The largest absolute Gasteiger partial charge is 0.322 e. The van der Waals surface area contributed by atoms with Crippen molar-refractivity contribution >= 4 is 22.5 Å². The molecule has 0 atom stereocenters. The lowest BCUT2D eigenvalue weighted by Gasteiger charge is -2.14. The zero-order valence-corrected chi connectivity index (χ0v) is 16.9. The van der Waals surface area contributed by atoms with Crippen LogP contribution in [0.4, 0.5) is 5.69 Å². The molecule has 0 spiro atoms. The SMILES string of the molecule is Cc1ncc(-n2ncc3ccc(NC(=O)c4cccc(C#N)c4C(C)C)cc32)cn1. The zero-order valence-electron chi connectivity index (χ0n) is 16.9. The van der Waals surface area contributed by atoms with Gasteiger partial charge >= 0.3 is 0 Å². The standard InChI is InChI=1S/C23H20N6O/c1-14(2)22-16(10-24)5-4-6-20(22)23(30)28-18-8-7-17-11-27-29(21(17)9-18)19-12-25-15(3)26-13-19/h4-9,11-14H,1-3H3,(H,28,30). The highest BCUT2D eigenvalue weighted by Gasteiger charge is 2.18. The van der Waals surface area contributed by atoms with E-state index in [2.05, 4.69) is 26.5 Å². The van der Waals surface area contributed by atoms with Gasteiger partial charge in [0.2, 0.25) is 0 Å². The molecule has 0 aliphatic heterocycles. The number of carbonyl (C=O) groups excluding carboxylic acids is 1. The summed E-state index contributed by atoms with van der Waals surface area (Å²) in [7, 11) is 0. The first-order chi connectivity index (χ1) is 14.5. The van der Waals surface area contributed by atoms with Crippen molar-refractivity contribution in [3.63, 3.8) is 0 Å². The third-order valence-corrected chi connectivity index (χ3v) is 4.89. The lowest BCUT2D eigenvalue weighted by molar-refractivity contribution is 0.102. The molecule has 0 saturated heterocycles. The first-order valence-electron chi connectivity index (χ1n) is 9.59. The molecule has 148 valence electrons. The molecule has 0 bridgehead atoms. The van der Waals surface area contributed by atoms with Crippen molar-refractivity contribution in [3.8, 4) is 11.8 Å². The molecule has 2 aromatic heterocycles. The Morgan fingerprint density at radius 3 is 2.60 bits per heavy atom. The van der Waals surface area contributed by atoms with Gasteiger partial charge in [0.1, 0.15) is 11.5 Å². The maximum absolute atomic E-state index is 13.0. The zero-order chi connectivity index (χ0) is 21.3. The van der Waals surface area contributed by atoms with Crippen molar-refractivity contribution in [2.24, 2.45) is 0 Å². The summed E-state index contributed by atoms with van der Waals surface area (Å²) in [4.78, 5) is 21.5. The molecular formula is C23H20N6O. The Hall–Kier alpha value is -4.05. The summed E-state index contributed by atoms with van der Waals surface area (Å²) >= 11 is 0. The van der Waals surface area contributed by atoms with Gasteiger partial charge in [-0.1, -0.05) is 19.9 Å². The number of nitrogens with one attached hydrogen (secondary N) is 1. The molecule has 4 aromatic rings. The Labute approximate surface area is 174 Å². The van der Waals surface area contributed by atoms with E-state index < -0.39 is 0 Å². The number of benzene rings is 2. The van der Waals surface area contributed by atoms with Gasteiger partial charge in [-0.05, 0) is 48.7 Å². The molecule has 2 aromatic carbocycles. The minimum atomic E-state index is -0.250. The number of anilines is 1. The van der Waals surface area contributed by atoms with Crippen molar-refractivity contribution in [3.05, 3.63) is 77.5 Å². The van der Waals surface area contributed by atoms with E-state index in [4.69, 9.17) is 0 Å². The Bertz CT molecular complexity index is 1280. The van der Waals surface area contributed by atoms with Crippen LogP contribution in [-0.4, -0.2) is 25.7 Å². The maximum Gasteiger partial charge on any atom is 0.255 e. The predicted molar refractivity (Wildman–Crippen MR) is 115 cm³/mol. The van der Waals surface area contributed by atoms with Crippen LogP contribution in [0.2, 0.25) is 0 Å². The molecule has 1 N–H and O–H groups in total. The number of hydrogen-bond acceptors (Lipinski definition) is 5. The van der Waals surface area contributed by atoms with Crippen LogP contribution in [0.5, 0.6) is 0 Å². The first kappa shape index (κ1) is 19.3. The fraction of sp³-hybridized carbons (Fsp3) is 0.174. The van der Waals surface area contributed by atoms with E-state index in [1.54, 1.807) is 41.5 Å². The summed E-state index contributed by atoms with van der Waals surface area (Å²) in [6.07, 6.45) is 5.18. The summed E-state index contributed by atoms with van der Waals surface area (Å²) in [5.41, 5.74) is 3.98. The van der Waals surface area contributed by atoms with Gasteiger partial charge in [0.15, 0.2) is 0 Å². The van der Waals surface area contributed by atoms with Crippen molar-refractivity contribution in [2.75, 3.05) is 5.32 Å². The minimum absolute atomic E-state index is 0.0482. The van der Waals surface area contributed by atoms with Crippen molar-refractivity contribution in [1.82, 2.24) is 19.7 Å². The number of rotatable bonds is 4. The molecular weight excluding hydrogens is 376 g/mol. The fourth-order valence-electron chi connectivity index (χ4n) is 3.48. The molecule has 0 unspecified atom stereocenters. The van der Waals surface area contributed by atoms with Crippen molar-refractivity contribution in [2.45, 2.75) is 26.7 Å². The third-order valence-electron chi connectivity index (χ3n) is 4.89. The second-order valence-corrected chi connectivity index (χ2v) is 7.31. The second-order valence-electron chi connectivity index (χ2n) is 7.31. The molecule has 0 fully saturated rings. The van der Waals surface area contributed by atoms with Crippen LogP contribution in [0.15, 0.2) is 55.0 Å². The number of hydrogen-bond donors (Lipinski definition) is 1. The normalized spacial score (nSPS) is 10.9. The van der Waals surface area contributed by atoms with E-state index in [1.807, 2.05) is 39.0 Å². The van der Waals surface area contributed by atoms with Gasteiger partial charge in [0, 0.05) is 16.6 Å². The number of aromatic nitrogens is 4. The summed E-state index contributed by atoms with van der Waals surface area (Å²) < 4.78 is 1.74. The van der Waals surface area contributed by atoms with Crippen molar-refractivity contribution in [1.29, 1.82) is 5.26 Å². The molecule has 1 amide bonds. The van der Waals surface area contributed by atoms with Crippen LogP contribution in [-0.2, 0) is 0 Å². The van der Waals surface area contributed by atoms with Gasteiger partial charge in [-0.3, -0.25) is 4.79 Å². The molecule has 4 rings (SSSR count). The number of nitrogens with zero attached hydrogens (tertiary/aromatic N) is 5. The van der Waals surface area contributed by atoms with Crippen LogP contribution >= 0.6 is 0 Å². The quantitative estimate of drug-likeness (QED) is 0.552. The molecule has 0 aliphatic rings. The van der Waals surface area contributed by atoms with E-state index in [0.29, 0.717) is 22.6 Å². The van der Waals surface area contributed by atoms with Crippen molar-refractivity contribution < 1.29 is 4.79 Å². The molecule has 2 heterocycles. The highest BCUT2D eigenvalue weighted by molar-refractivity contribution is 6.06. The summed E-state index contributed by atoms with van der Waals surface area (Å²) in [5.74, 6) is 0.482. The van der Waals surface area contributed by atoms with E-state index in [-0.39, 0.29) is 11.8 Å². The van der Waals surface area contributed by atoms with E-state index in [9.17, 15) is 10.1 Å². The monoisotopic (exact) mass is 396 g/mol. The molecule has 30 heavy (non-hydrogen) atoms. The highest BCUT2D eigenvalue weighted by Crippen LogP contribution is 2.26. The number of aryl methyl sites for hydroxylation is 1. The highest BCUT2D eigenvalue weighted by atomic mass is 16.1. The predicted octanol–water partition coefficient (Wildman–Crippen LogP) is 4.37. The van der Waals surface area contributed by atoms with Gasteiger partial charge in [0.05, 0.1) is 35.7 Å². The summed E-state index contributed by atoms with van der Waals surface area (Å²) in [6.45, 7) is 5.77. The topological polar surface area (TPSA) is 96.5 Å².